The predicted molar refractivity (Wildman–Crippen MR) is 117 cm³/mol. The van der Waals surface area contributed by atoms with Gasteiger partial charge in [0.25, 0.3) is 0 Å². The summed E-state index contributed by atoms with van der Waals surface area (Å²) >= 11 is 0. The van der Waals surface area contributed by atoms with Gasteiger partial charge in [-0.15, -0.1) is 0 Å². The van der Waals surface area contributed by atoms with E-state index in [1.54, 1.807) is 29.1 Å². The molecular weight excluding hydrogens is 396 g/mol. The highest BCUT2D eigenvalue weighted by atomic mass is 16.5. The SMILES string of the molecule is CCC1COCCN1CCCOc1ccc(Oc2cc(C(N)=O)cc3cncn23)cc1. The maximum atomic E-state index is 11.6. The zero-order chi connectivity index (χ0) is 21.6. The molecule has 1 atom stereocenters. The Balaban J connectivity index is 1.32. The molecule has 31 heavy (non-hydrogen) atoms. The Kier molecular flexibility index (Phi) is 6.69. The number of pyridine rings is 1. The summed E-state index contributed by atoms with van der Waals surface area (Å²) in [5, 5.41) is 0. The summed E-state index contributed by atoms with van der Waals surface area (Å²) < 4.78 is 19.2. The standard InChI is InChI=1S/C23H28N4O4/c1-2-18-15-29-11-9-26(18)8-3-10-30-20-4-6-21(7-5-20)31-22-13-17(23(24)28)12-19-14-25-16-27(19)22/h4-7,12-14,16,18H,2-3,8-11,15H2,1H3,(H2,24,28). The number of hydrogen-bond acceptors (Lipinski definition) is 6. The van der Waals surface area contributed by atoms with Crippen LogP contribution in [0.1, 0.15) is 30.1 Å². The Morgan fingerprint density at radius 3 is 2.84 bits per heavy atom. The lowest BCUT2D eigenvalue weighted by Gasteiger charge is -2.34. The highest BCUT2D eigenvalue weighted by Crippen LogP contribution is 2.26. The normalized spacial score (nSPS) is 17.0. The highest BCUT2D eigenvalue weighted by Gasteiger charge is 2.20. The molecule has 1 unspecified atom stereocenters. The topological polar surface area (TPSA) is 91.3 Å². The second-order valence-electron chi connectivity index (χ2n) is 7.58. The molecular formula is C23H28N4O4. The monoisotopic (exact) mass is 424 g/mol. The van der Waals surface area contributed by atoms with Crippen molar-refractivity contribution >= 4 is 11.4 Å². The first-order valence-corrected chi connectivity index (χ1v) is 10.6. The summed E-state index contributed by atoms with van der Waals surface area (Å²) in [6.07, 6.45) is 5.35. The molecule has 0 bridgehead atoms. The number of ether oxygens (including phenoxy) is 3. The Morgan fingerprint density at radius 2 is 2.06 bits per heavy atom. The van der Waals surface area contributed by atoms with Crippen molar-refractivity contribution in [3.05, 3.63) is 54.5 Å². The molecule has 8 heteroatoms. The summed E-state index contributed by atoms with van der Waals surface area (Å²) in [5.41, 5.74) is 6.53. The number of morpholine rings is 1. The lowest BCUT2D eigenvalue weighted by atomic mass is 10.1. The molecule has 4 rings (SSSR count). The number of hydrogen-bond donors (Lipinski definition) is 1. The second-order valence-corrected chi connectivity index (χ2v) is 7.58. The van der Waals surface area contributed by atoms with E-state index in [2.05, 4.69) is 16.8 Å². The van der Waals surface area contributed by atoms with E-state index < -0.39 is 5.91 Å². The number of carbonyl (C=O) groups is 1. The Labute approximate surface area is 181 Å². The Morgan fingerprint density at radius 1 is 1.26 bits per heavy atom. The lowest BCUT2D eigenvalue weighted by molar-refractivity contribution is -0.0102. The molecule has 8 nitrogen and oxygen atoms in total. The van der Waals surface area contributed by atoms with Crippen molar-refractivity contribution in [1.82, 2.24) is 14.3 Å². The molecule has 0 saturated carbocycles. The second kappa shape index (κ2) is 9.80. The van der Waals surface area contributed by atoms with Gasteiger partial charge in [-0.25, -0.2) is 4.98 Å². The van der Waals surface area contributed by atoms with Gasteiger partial charge in [-0.1, -0.05) is 6.92 Å². The van der Waals surface area contributed by atoms with Gasteiger partial charge in [-0.05, 0) is 43.2 Å². The van der Waals surface area contributed by atoms with E-state index in [1.165, 1.54) is 0 Å². The number of primary amides is 1. The number of imidazole rings is 1. The maximum absolute atomic E-state index is 11.6. The zero-order valence-corrected chi connectivity index (χ0v) is 17.7. The first kappa shape index (κ1) is 21.1. The van der Waals surface area contributed by atoms with Crippen LogP contribution in [-0.4, -0.2) is 59.1 Å². The van der Waals surface area contributed by atoms with Gasteiger partial charge in [0.2, 0.25) is 11.8 Å². The molecule has 1 aliphatic heterocycles. The predicted octanol–water partition coefficient (Wildman–Crippen LogP) is 3.11. The van der Waals surface area contributed by atoms with Crippen molar-refractivity contribution in [2.24, 2.45) is 5.73 Å². The molecule has 1 aromatic carbocycles. The summed E-state index contributed by atoms with van der Waals surface area (Å²) in [4.78, 5) is 18.2. The fourth-order valence-electron chi connectivity index (χ4n) is 3.76. The number of nitrogens with zero attached hydrogens (tertiary/aromatic N) is 3. The van der Waals surface area contributed by atoms with Crippen LogP contribution in [0.15, 0.2) is 48.9 Å². The van der Waals surface area contributed by atoms with Crippen molar-refractivity contribution in [3.63, 3.8) is 0 Å². The van der Waals surface area contributed by atoms with Crippen molar-refractivity contribution in [2.45, 2.75) is 25.8 Å². The van der Waals surface area contributed by atoms with Gasteiger partial charge in [0.1, 0.15) is 17.8 Å². The van der Waals surface area contributed by atoms with E-state index in [9.17, 15) is 4.79 Å². The third kappa shape index (κ3) is 5.15. The first-order valence-electron chi connectivity index (χ1n) is 10.6. The van der Waals surface area contributed by atoms with Crippen LogP contribution in [-0.2, 0) is 4.74 Å². The van der Waals surface area contributed by atoms with Crippen molar-refractivity contribution in [1.29, 1.82) is 0 Å². The fraction of sp³-hybridized carbons (Fsp3) is 0.391. The molecule has 1 aliphatic rings. The van der Waals surface area contributed by atoms with Crippen molar-refractivity contribution < 1.29 is 19.0 Å². The molecule has 0 spiro atoms. The van der Waals surface area contributed by atoms with Crippen LogP contribution >= 0.6 is 0 Å². The molecule has 1 saturated heterocycles. The molecule has 1 amide bonds. The number of carbonyl (C=O) groups excluding carboxylic acids is 1. The molecule has 3 aromatic rings. The van der Waals surface area contributed by atoms with Crippen LogP contribution < -0.4 is 15.2 Å². The minimum Gasteiger partial charge on any atom is -0.494 e. The smallest absolute Gasteiger partial charge is 0.248 e. The largest absolute Gasteiger partial charge is 0.494 e. The average Bonchev–Trinajstić information content (AvgIpc) is 3.27. The van der Waals surface area contributed by atoms with Crippen LogP contribution in [0, 0.1) is 0 Å². The molecule has 1 fully saturated rings. The number of aromatic nitrogens is 2. The maximum Gasteiger partial charge on any atom is 0.248 e. The van der Waals surface area contributed by atoms with Crippen molar-refractivity contribution in [2.75, 3.05) is 32.9 Å². The first-order chi connectivity index (χ1) is 15.1. The number of rotatable bonds is 9. The van der Waals surface area contributed by atoms with Crippen molar-refractivity contribution in [3.8, 4) is 17.4 Å². The van der Waals surface area contributed by atoms with E-state index >= 15 is 0 Å². The quantitative estimate of drug-likeness (QED) is 0.531. The number of fused-ring (bicyclic) bond motifs is 1. The van der Waals surface area contributed by atoms with Gasteiger partial charge in [0.05, 0.1) is 31.5 Å². The molecule has 164 valence electrons. The van der Waals surface area contributed by atoms with E-state index in [0.29, 0.717) is 29.8 Å². The van der Waals surface area contributed by atoms with Crippen LogP contribution in [0.3, 0.4) is 0 Å². The van der Waals surface area contributed by atoms with Gasteiger partial charge < -0.3 is 19.9 Å². The summed E-state index contributed by atoms with van der Waals surface area (Å²) in [6, 6.07) is 11.2. The highest BCUT2D eigenvalue weighted by molar-refractivity contribution is 5.94. The van der Waals surface area contributed by atoms with Gasteiger partial charge in [-0.3, -0.25) is 14.1 Å². The molecule has 3 heterocycles. The summed E-state index contributed by atoms with van der Waals surface area (Å²) in [7, 11) is 0. The van der Waals surface area contributed by atoms with Crippen LogP contribution in [0.4, 0.5) is 0 Å². The van der Waals surface area contributed by atoms with Gasteiger partial charge >= 0.3 is 0 Å². The molecule has 2 aromatic heterocycles. The molecule has 0 aliphatic carbocycles. The average molecular weight is 425 g/mol. The van der Waals surface area contributed by atoms with Crippen LogP contribution in [0.2, 0.25) is 0 Å². The third-order valence-electron chi connectivity index (χ3n) is 5.50. The van der Waals surface area contributed by atoms with Gasteiger partial charge in [0.15, 0.2) is 0 Å². The molecule has 2 N–H and O–H groups in total. The fourth-order valence-corrected chi connectivity index (χ4v) is 3.76. The lowest BCUT2D eigenvalue weighted by Crippen LogP contribution is -2.45. The van der Waals surface area contributed by atoms with E-state index in [1.807, 2.05) is 24.3 Å². The van der Waals surface area contributed by atoms with Gasteiger partial charge in [0, 0.05) is 30.8 Å². The Hall–Kier alpha value is -3.10. The van der Waals surface area contributed by atoms with Gasteiger partial charge in [-0.2, -0.15) is 0 Å². The number of benzene rings is 1. The third-order valence-corrected chi connectivity index (χ3v) is 5.50. The van der Waals surface area contributed by atoms with E-state index in [0.717, 1.165) is 50.4 Å². The van der Waals surface area contributed by atoms with E-state index in [4.69, 9.17) is 19.9 Å². The van der Waals surface area contributed by atoms with E-state index in [-0.39, 0.29) is 0 Å². The number of amides is 1. The van der Waals surface area contributed by atoms with Crippen LogP contribution in [0.5, 0.6) is 17.4 Å². The Bertz CT molecular complexity index is 1020. The number of nitrogens with two attached hydrogens (primary N) is 1. The summed E-state index contributed by atoms with van der Waals surface area (Å²) in [6.45, 7) is 6.50. The summed E-state index contributed by atoms with van der Waals surface area (Å²) in [5.74, 6) is 1.37. The minimum atomic E-state index is -0.514. The minimum absolute atomic E-state index is 0.369. The zero-order valence-electron chi connectivity index (χ0n) is 17.7. The molecule has 0 radical (unpaired) electrons. The van der Waals surface area contributed by atoms with Crippen LogP contribution in [0.25, 0.3) is 5.52 Å².